The van der Waals surface area contributed by atoms with Gasteiger partial charge in [0.05, 0.1) is 0 Å². The van der Waals surface area contributed by atoms with Gasteiger partial charge in [0.1, 0.15) is 6.04 Å². The highest BCUT2D eigenvalue weighted by Crippen LogP contribution is 1.91. The summed E-state index contributed by atoms with van der Waals surface area (Å²) in [5, 5.41) is 4.25. The molecule has 0 bridgehead atoms. The van der Waals surface area contributed by atoms with E-state index in [2.05, 4.69) is 16.1 Å². The average molecular weight is 153 g/mol. The van der Waals surface area contributed by atoms with E-state index in [4.69, 9.17) is 6.42 Å². The van der Waals surface area contributed by atoms with Crippen molar-refractivity contribution in [3.05, 3.63) is 21.0 Å². The Hall–Kier alpha value is -1.70. The topological polar surface area (TPSA) is 70.7 Å². The minimum absolute atomic E-state index is 0.513. The van der Waals surface area contributed by atoms with Crippen LogP contribution >= 0.6 is 0 Å². The lowest BCUT2D eigenvalue weighted by molar-refractivity contribution is 0.633. The first-order valence-electron chi connectivity index (χ1n) is 3.02. The maximum absolute atomic E-state index is 10.8. The maximum Gasteiger partial charge on any atom is 0.345 e. The molecule has 0 aliphatic carbocycles. The fraction of sp³-hybridized carbons (Fsp3) is 0.333. The summed E-state index contributed by atoms with van der Waals surface area (Å²) in [6.07, 6.45) is 5.02. The van der Waals surface area contributed by atoms with Gasteiger partial charge in [-0.05, 0) is 6.92 Å². The van der Waals surface area contributed by atoms with E-state index in [1.807, 2.05) is 0 Å². The Bertz CT molecular complexity index is 361. The molecule has 1 aromatic rings. The summed E-state index contributed by atoms with van der Waals surface area (Å²) in [7, 11) is 0. The van der Waals surface area contributed by atoms with Gasteiger partial charge in [-0.2, -0.15) is 0 Å². The van der Waals surface area contributed by atoms with Gasteiger partial charge >= 0.3 is 11.4 Å². The molecule has 1 heterocycles. The number of H-pyrrole nitrogens is 2. The van der Waals surface area contributed by atoms with Crippen LogP contribution in [0.4, 0.5) is 0 Å². The fourth-order valence-corrected chi connectivity index (χ4v) is 0.746. The van der Waals surface area contributed by atoms with Crippen LogP contribution < -0.4 is 11.4 Å². The smallest absolute Gasteiger partial charge is 0.247 e. The van der Waals surface area contributed by atoms with Crippen molar-refractivity contribution >= 4 is 0 Å². The number of nitrogens with zero attached hydrogens (tertiary/aromatic N) is 1. The number of terminal acetylenes is 1. The van der Waals surface area contributed by atoms with Crippen LogP contribution in [0.25, 0.3) is 0 Å². The highest BCUT2D eigenvalue weighted by molar-refractivity contribution is 4.95. The third-order valence-corrected chi connectivity index (χ3v) is 1.34. The zero-order valence-corrected chi connectivity index (χ0v) is 5.92. The Kier molecular flexibility index (Phi) is 1.68. The van der Waals surface area contributed by atoms with Crippen LogP contribution in [-0.2, 0) is 0 Å². The van der Waals surface area contributed by atoms with E-state index in [0.29, 0.717) is 0 Å². The second-order valence-electron chi connectivity index (χ2n) is 2.07. The Morgan fingerprint density at radius 3 is 2.27 bits per heavy atom. The van der Waals surface area contributed by atoms with Crippen LogP contribution in [-0.4, -0.2) is 14.8 Å². The standard InChI is InChI=1S/C6H7N3O2/c1-3-4(2)9-5(10)7-8-6(9)11/h1,4H,2H3,(H,7,10)(H,8,11). The van der Waals surface area contributed by atoms with Gasteiger partial charge in [-0.25, -0.2) is 24.4 Å². The van der Waals surface area contributed by atoms with E-state index < -0.39 is 17.4 Å². The minimum Gasteiger partial charge on any atom is -0.247 e. The van der Waals surface area contributed by atoms with Gasteiger partial charge < -0.3 is 0 Å². The van der Waals surface area contributed by atoms with Gasteiger partial charge in [0.15, 0.2) is 0 Å². The molecule has 11 heavy (non-hydrogen) atoms. The van der Waals surface area contributed by atoms with E-state index in [1.165, 1.54) is 0 Å². The second kappa shape index (κ2) is 2.50. The molecular weight excluding hydrogens is 146 g/mol. The first-order valence-corrected chi connectivity index (χ1v) is 3.02. The number of aromatic nitrogens is 3. The van der Waals surface area contributed by atoms with Gasteiger partial charge in [0.25, 0.3) is 0 Å². The van der Waals surface area contributed by atoms with Gasteiger partial charge in [-0.15, -0.1) is 6.42 Å². The summed E-state index contributed by atoms with van der Waals surface area (Å²) in [6.45, 7) is 1.59. The van der Waals surface area contributed by atoms with Crippen LogP contribution in [0.3, 0.4) is 0 Å². The molecule has 0 aliphatic rings. The van der Waals surface area contributed by atoms with Crippen LogP contribution in [0.1, 0.15) is 13.0 Å². The van der Waals surface area contributed by atoms with E-state index in [9.17, 15) is 9.59 Å². The Morgan fingerprint density at radius 1 is 1.45 bits per heavy atom. The van der Waals surface area contributed by atoms with Crippen molar-refractivity contribution in [1.82, 2.24) is 14.8 Å². The molecule has 0 radical (unpaired) electrons. The SMILES string of the molecule is C#CC(C)n1c(=O)[nH][nH]c1=O. The molecule has 0 amide bonds. The third-order valence-electron chi connectivity index (χ3n) is 1.34. The average Bonchev–Trinajstić information content (AvgIpc) is 2.30. The molecule has 0 aliphatic heterocycles. The van der Waals surface area contributed by atoms with Gasteiger partial charge in [0, 0.05) is 0 Å². The van der Waals surface area contributed by atoms with Crippen molar-refractivity contribution in [2.75, 3.05) is 0 Å². The monoisotopic (exact) mass is 153 g/mol. The molecule has 0 spiro atoms. The maximum atomic E-state index is 10.8. The number of aromatic amines is 2. The molecule has 1 unspecified atom stereocenters. The summed E-state index contributed by atoms with van der Waals surface area (Å²) < 4.78 is 0.931. The molecule has 5 heteroatoms. The summed E-state index contributed by atoms with van der Waals surface area (Å²) in [4.78, 5) is 21.6. The molecule has 1 aromatic heterocycles. The molecule has 0 fully saturated rings. The van der Waals surface area contributed by atoms with Crippen molar-refractivity contribution in [3.63, 3.8) is 0 Å². The van der Waals surface area contributed by atoms with Crippen molar-refractivity contribution in [2.45, 2.75) is 13.0 Å². The van der Waals surface area contributed by atoms with Gasteiger partial charge in [-0.1, -0.05) is 5.92 Å². The van der Waals surface area contributed by atoms with Crippen molar-refractivity contribution in [3.8, 4) is 12.3 Å². The predicted octanol–water partition coefficient (Wildman–Crippen LogP) is -0.941. The quantitative estimate of drug-likeness (QED) is 0.511. The lowest BCUT2D eigenvalue weighted by Gasteiger charge is -1.98. The molecule has 0 saturated heterocycles. The number of nitrogens with one attached hydrogen (secondary N) is 2. The molecular formula is C6H7N3O2. The van der Waals surface area contributed by atoms with E-state index in [1.54, 1.807) is 6.92 Å². The highest BCUT2D eigenvalue weighted by atomic mass is 16.2. The fourth-order valence-electron chi connectivity index (χ4n) is 0.746. The van der Waals surface area contributed by atoms with Crippen LogP contribution in [0.2, 0.25) is 0 Å². The second-order valence-corrected chi connectivity index (χ2v) is 2.07. The zero-order chi connectivity index (χ0) is 8.43. The molecule has 2 N–H and O–H groups in total. The first-order chi connectivity index (χ1) is 5.16. The largest absolute Gasteiger partial charge is 0.345 e. The summed E-state index contributed by atoms with van der Waals surface area (Å²) in [6, 6.07) is -0.516. The highest BCUT2D eigenvalue weighted by Gasteiger charge is 2.07. The predicted molar refractivity (Wildman–Crippen MR) is 39.2 cm³/mol. The van der Waals surface area contributed by atoms with Crippen LogP contribution in [0.5, 0.6) is 0 Å². The summed E-state index contributed by atoms with van der Waals surface area (Å²) in [5.74, 6) is 2.27. The van der Waals surface area contributed by atoms with Crippen molar-refractivity contribution in [1.29, 1.82) is 0 Å². The molecule has 5 nitrogen and oxygen atoms in total. The van der Waals surface area contributed by atoms with E-state index >= 15 is 0 Å². The Labute approximate surface area is 62.0 Å². The lowest BCUT2D eigenvalue weighted by Crippen LogP contribution is -2.28. The Balaban J connectivity index is 3.35. The van der Waals surface area contributed by atoms with E-state index in [0.717, 1.165) is 4.57 Å². The third kappa shape index (κ3) is 1.10. The number of hydrogen-bond donors (Lipinski definition) is 2. The first kappa shape index (κ1) is 7.41. The normalized spacial score (nSPS) is 12.4. The molecule has 0 saturated carbocycles. The summed E-state index contributed by atoms with van der Waals surface area (Å²) in [5.41, 5.74) is -1.03. The lowest BCUT2D eigenvalue weighted by atomic mass is 10.4. The van der Waals surface area contributed by atoms with Crippen LogP contribution in [0, 0.1) is 12.3 Å². The number of hydrogen-bond acceptors (Lipinski definition) is 2. The van der Waals surface area contributed by atoms with Gasteiger partial charge in [0.2, 0.25) is 0 Å². The summed E-state index contributed by atoms with van der Waals surface area (Å²) >= 11 is 0. The van der Waals surface area contributed by atoms with Gasteiger partial charge in [-0.3, -0.25) is 0 Å². The molecule has 58 valence electrons. The molecule has 1 rings (SSSR count). The van der Waals surface area contributed by atoms with Crippen LogP contribution in [0.15, 0.2) is 9.59 Å². The van der Waals surface area contributed by atoms with E-state index in [-0.39, 0.29) is 0 Å². The minimum atomic E-state index is -0.516. The number of rotatable bonds is 1. The van der Waals surface area contributed by atoms with Crippen molar-refractivity contribution in [2.24, 2.45) is 0 Å². The zero-order valence-electron chi connectivity index (χ0n) is 5.92. The van der Waals surface area contributed by atoms with Crippen molar-refractivity contribution < 1.29 is 0 Å². The molecule has 1 atom stereocenters. The Morgan fingerprint density at radius 2 is 1.91 bits per heavy atom. The molecule has 0 aromatic carbocycles.